The molecule has 20 heavy (non-hydrogen) atoms. The molecule has 100 valence electrons. The van der Waals surface area contributed by atoms with Gasteiger partial charge in [-0.2, -0.15) is 9.65 Å². The molecule has 0 saturated carbocycles. The van der Waals surface area contributed by atoms with E-state index in [4.69, 9.17) is 10.00 Å². The third-order valence-electron chi connectivity index (χ3n) is 2.67. The van der Waals surface area contributed by atoms with Crippen molar-refractivity contribution >= 4 is 5.69 Å². The number of nitro groups is 1. The lowest BCUT2D eigenvalue weighted by molar-refractivity contribution is -0.388. The van der Waals surface area contributed by atoms with Gasteiger partial charge in [0.25, 0.3) is 0 Å². The predicted molar refractivity (Wildman–Crippen MR) is 69.0 cm³/mol. The molecule has 0 aliphatic heterocycles. The van der Waals surface area contributed by atoms with Crippen LogP contribution in [0, 0.1) is 34.2 Å². The van der Waals surface area contributed by atoms with Crippen molar-refractivity contribution in [2.45, 2.75) is 6.92 Å². The van der Waals surface area contributed by atoms with E-state index in [1.165, 1.54) is 18.2 Å². The summed E-state index contributed by atoms with van der Waals surface area (Å²) < 4.78 is 18.9. The Morgan fingerprint density at radius 1 is 1.30 bits per heavy atom. The highest BCUT2D eigenvalue weighted by Crippen LogP contribution is 2.34. The first-order valence-electron chi connectivity index (χ1n) is 5.64. The number of ether oxygens (including phenoxy) is 1. The maximum Gasteiger partial charge on any atom is 0.346 e. The molecule has 2 aromatic carbocycles. The van der Waals surface area contributed by atoms with Crippen molar-refractivity contribution < 1.29 is 14.1 Å². The van der Waals surface area contributed by atoms with Crippen molar-refractivity contribution in [3.8, 4) is 17.6 Å². The van der Waals surface area contributed by atoms with Gasteiger partial charge >= 0.3 is 5.69 Å². The third kappa shape index (κ3) is 2.57. The third-order valence-corrected chi connectivity index (χ3v) is 2.67. The minimum Gasteiger partial charge on any atom is -0.450 e. The molecule has 0 amide bonds. The van der Waals surface area contributed by atoms with E-state index in [2.05, 4.69) is 0 Å². The SMILES string of the molecule is Cc1ccc(C#N)cc1Oc1cccc(F)c1[N+](=O)[O-]. The molecule has 0 heterocycles. The second kappa shape index (κ2) is 5.36. The molecule has 0 radical (unpaired) electrons. The molecule has 0 spiro atoms. The van der Waals surface area contributed by atoms with E-state index in [0.717, 1.165) is 6.07 Å². The molecule has 0 aliphatic rings. The van der Waals surface area contributed by atoms with Gasteiger partial charge in [0.2, 0.25) is 11.6 Å². The van der Waals surface area contributed by atoms with Gasteiger partial charge in [0.1, 0.15) is 5.75 Å². The topological polar surface area (TPSA) is 76.2 Å². The van der Waals surface area contributed by atoms with E-state index in [-0.39, 0.29) is 11.5 Å². The molecule has 6 heteroatoms. The highest BCUT2D eigenvalue weighted by atomic mass is 19.1. The lowest BCUT2D eigenvalue weighted by Crippen LogP contribution is -1.97. The standard InChI is InChI=1S/C14H9FN2O3/c1-9-5-6-10(8-16)7-13(9)20-12-4-2-3-11(15)14(12)17(18)19/h2-7H,1H3. The number of hydrogen-bond acceptors (Lipinski definition) is 4. The molecule has 2 aromatic rings. The van der Waals surface area contributed by atoms with Crippen molar-refractivity contribution in [2.24, 2.45) is 0 Å². The van der Waals surface area contributed by atoms with Crippen LogP contribution in [0.5, 0.6) is 11.5 Å². The van der Waals surface area contributed by atoms with Crippen LogP contribution in [-0.2, 0) is 0 Å². The van der Waals surface area contributed by atoms with Gasteiger partial charge in [-0.05, 0) is 36.8 Å². The molecule has 0 atom stereocenters. The smallest absolute Gasteiger partial charge is 0.346 e. The number of nitriles is 1. The number of aryl methyl sites for hydroxylation is 1. The second-order valence-corrected chi connectivity index (χ2v) is 4.04. The van der Waals surface area contributed by atoms with Gasteiger partial charge < -0.3 is 4.74 Å². The Balaban J connectivity index is 2.48. The van der Waals surface area contributed by atoms with E-state index in [1.54, 1.807) is 19.1 Å². The molecule has 0 aromatic heterocycles. The van der Waals surface area contributed by atoms with Crippen molar-refractivity contribution in [1.82, 2.24) is 0 Å². The summed E-state index contributed by atoms with van der Waals surface area (Å²) >= 11 is 0. The van der Waals surface area contributed by atoms with Crippen LogP contribution in [0.2, 0.25) is 0 Å². The average molecular weight is 272 g/mol. The fourth-order valence-corrected chi connectivity index (χ4v) is 1.65. The van der Waals surface area contributed by atoms with Crippen LogP contribution in [0.1, 0.15) is 11.1 Å². The van der Waals surface area contributed by atoms with Gasteiger partial charge in [-0.25, -0.2) is 0 Å². The van der Waals surface area contributed by atoms with Crippen LogP contribution in [0.15, 0.2) is 36.4 Å². The first-order chi connectivity index (χ1) is 9.52. The van der Waals surface area contributed by atoms with Crippen molar-refractivity contribution in [1.29, 1.82) is 5.26 Å². The van der Waals surface area contributed by atoms with Crippen LogP contribution in [0.25, 0.3) is 0 Å². The Labute approximate surface area is 114 Å². The van der Waals surface area contributed by atoms with Crippen molar-refractivity contribution in [3.63, 3.8) is 0 Å². The fraction of sp³-hybridized carbons (Fsp3) is 0.0714. The van der Waals surface area contributed by atoms with Crippen LogP contribution in [0.4, 0.5) is 10.1 Å². The zero-order chi connectivity index (χ0) is 14.7. The molecule has 5 nitrogen and oxygen atoms in total. The normalized spacial score (nSPS) is 9.85. The molecule has 0 aliphatic carbocycles. The van der Waals surface area contributed by atoms with Crippen LogP contribution < -0.4 is 4.74 Å². The molecular weight excluding hydrogens is 263 g/mol. The number of nitrogens with zero attached hydrogens (tertiary/aromatic N) is 2. The Hall–Kier alpha value is -2.94. The number of benzene rings is 2. The Morgan fingerprint density at radius 2 is 2.05 bits per heavy atom. The van der Waals surface area contributed by atoms with Gasteiger partial charge in [-0.1, -0.05) is 12.1 Å². The Kier molecular flexibility index (Phi) is 3.62. The summed E-state index contributed by atoms with van der Waals surface area (Å²) in [5.74, 6) is -0.896. The maximum absolute atomic E-state index is 13.5. The molecule has 2 rings (SSSR count). The number of para-hydroxylation sites is 1. The van der Waals surface area contributed by atoms with Gasteiger partial charge in [0.15, 0.2) is 0 Å². The zero-order valence-electron chi connectivity index (χ0n) is 10.5. The van der Waals surface area contributed by atoms with Crippen LogP contribution >= 0.6 is 0 Å². The van der Waals surface area contributed by atoms with Crippen LogP contribution in [-0.4, -0.2) is 4.92 Å². The first kappa shape index (κ1) is 13.5. The van der Waals surface area contributed by atoms with Gasteiger partial charge in [0.05, 0.1) is 16.6 Å². The fourth-order valence-electron chi connectivity index (χ4n) is 1.65. The number of nitro benzene ring substituents is 1. The first-order valence-corrected chi connectivity index (χ1v) is 5.64. The lowest BCUT2D eigenvalue weighted by atomic mass is 10.1. The van der Waals surface area contributed by atoms with Gasteiger partial charge in [0, 0.05) is 0 Å². The summed E-state index contributed by atoms with van der Waals surface area (Å²) in [5, 5.41) is 19.7. The highest BCUT2D eigenvalue weighted by molar-refractivity contribution is 5.51. The Bertz CT molecular complexity index is 723. The van der Waals surface area contributed by atoms with E-state index in [9.17, 15) is 14.5 Å². The summed E-state index contributed by atoms with van der Waals surface area (Å²) in [7, 11) is 0. The number of rotatable bonds is 3. The van der Waals surface area contributed by atoms with E-state index >= 15 is 0 Å². The predicted octanol–water partition coefficient (Wildman–Crippen LogP) is 3.71. The quantitative estimate of drug-likeness (QED) is 0.630. The maximum atomic E-state index is 13.5. The molecule has 0 bridgehead atoms. The monoisotopic (exact) mass is 272 g/mol. The zero-order valence-corrected chi connectivity index (χ0v) is 10.5. The van der Waals surface area contributed by atoms with Crippen LogP contribution in [0.3, 0.4) is 0 Å². The van der Waals surface area contributed by atoms with E-state index < -0.39 is 16.4 Å². The summed E-state index contributed by atoms with van der Waals surface area (Å²) in [6, 6.07) is 10.3. The summed E-state index contributed by atoms with van der Waals surface area (Å²) in [4.78, 5) is 10.0. The molecule has 0 unspecified atom stereocenters. The average Bonchev–Trinajstić information content (AvgIpc) is 2.41. The summed E-state index contributed by atoms with van der Waals surface area (Å²) in [6.45, 7) is 1.72. The second-order valence-electron chi connectivity index (χ2n) is 4.04. The largest absolute Gasteiger partial charge is 0.450 e. The van der Waals surface area contributed by atoms with Crippen molar-refractivity contribution in [2.75, 3.05) is 0 Å². The van der Waals surface area contributed by atoms with E-state index in [1.807, 2.05) is 6.07 Å². The molecule has 0 N–H and O–H groups in total. The minimum atomic E-state index is -0.971. The van der Waals surface area contributed by atoms with Crippen molar-refractivity contribution in [3.05, 3.63) is 63.5 Å². The van der Waals surface area contributed by atoms with E-state index in [0.29, 0.717) is 11.1 Å². The highest BCUT2D eigenvalue weighted by Gasteiger charge is 2.22. The Morgan fingerprint density at radius 3 is 2.70 bits per heavy atom. The van der Waals surface area contributed by atoms with Gasteiger partial charge in [-0.3, -0.25) is 10.1 Å². The molecule has 0 fully saturated rings. The minimum absolute atomic E-state index is 0.201. The summed E-state index contributed by atoms with van der Waals surface area (Å²) in [5.41, 5.74) is 0.307. The lowest BCUT2D eigenvalue weighted by Gasteiger charge is -2.09. The number of hydrogen-bond donors (Lipinski definition) is 0. The van der Waals surface area contributed by atoms with Gasteiger partial charge in [-0.15, -0.1) is 0 Å². The summed E-state index contributed by atoms with van der Waals surface area (Å²) in [6.07, 6.45) is 0. The molecule has 0 saturated heterocycles. The number of halogens is 1. The molecular formula is C14H9FN2O3.